The van der Waals surface area contributed by atoms with Crippen LogP contribution in [0.4, 0.5) is 5.69 Å². The molecule has 0 radical (unpaired) electrons. The average molecular weight is 415 g/mol. The van der Waals surface area contributed by atoms with Gasteiger partial charge in [-0.1, -0.05) is 35.9 Å². The number of benzene rings is 2. The lowest BCUT2D eigenvalue weighted by Crippen LogP contribution is -2.24. The highest BCUT2D eigenvalue weighted by Gasteiger charge is 2.15. The Bertz CT molecular complexity index is 1010. The van der Waals surface area contributed by atoms with Crippen LogP contribution in [-0.4, -0.2) is 20.9 Å². The molecule has 1 aromatic heterocycles. The molecule has 0 aliphatic carbocycles. The van der Waals surface area contributed by atoms with Gasteiger partial charge in [-0.15, -0.1) is 11.3 Å². The quantitative estimate of drug-likeness (QED) is 0.542. The van der Waals surface area contributed by atoms with Gasteiger partial charge in [-0.05, 0) is 61.0 Å². The fraction of sp³-hybridized carbons (Fsp3) is 0.190. The lowest BCUT2D eigenvalue weighted by atomic mass is 10.1. The third-order valence-electron chi connectivity index (χ3n) is 4.21. The second kappa shape index (κ2) is 9.03. The molecule has 2 aromatic carbocycles. The van der Waals surface area contributed by atoms with E-state index in [1.165, 1.54) is 11.1 Å². The minimum Gasteiger partial charge on any atom is -0.352 e. The summed E-state index contributed by atoms with van der Waals surface area (Å²) in [6.45, 7) is 2.64. The first-order chi connectivity index (χ1) is 13.4. The minimum absolute atomic E-state index is 0.170. The van der Waals surface area contributed by atoms with Crippen LogP contribution in [-0.2, 0) is 16.4 Å². The van der Waals surface area contributed by atoms with Crippen molar-refractivity contribution in [3.8, 4) is 0 Å². The van der Waals surface area contributed by atoms with Crippen molar-refractivity contribution in [3.63, 3.8) is 0 Å². The number of amides is 1. The van der Waals surface area contributed by atoms with E-state index >= 15 is 0 Å². The molecule has 0 saturated heterocycles. The first-order valence-electron chi connectivity index (χ1n) is 8.94. The van der Waals surface area contributed by atoms with Gasteiger partial charge in [0.2, 0.25) is 0 Å². The van der Waals surface area contributed by atoms with Crippen molar-refractivity contribution < 1.29 is 13.2 Å². The lowest BCUT2D eigenvalue weighted by Gasteiger charge is -2.08. The zero-order valence-electron chi connectivity index (χ0n) is 15.5. The average Bonchev–Trinajstić information content (AvgIpc) is 3.23. The monoisotopic (exact) mass is 414 g/mol. The molecule has 0 aliphatic heterocycles. The number of nitrogens with one attached hydrogen (secondary N) is 2. The Kier molecular flexibility index (Phi) is 6.49. The molecule has 0 fully saturated rings. The number of carbonyl (C=O) groups is 1. The highest BCUT2D eigenvalue weighted by atomic mass is 32.2. The molecule has 0 bridgehead atoms. The van der Waals surface area contributed by atoms with Gasteiger partial charge in [-0.3, -0.25) is 9.52 Å². The number of hydrogen-bond donors (Lipinski definition) is 2. The summed E-state index contributed by atoms with van der Waals surface area (Å²) in [7, 11) is -3.58. The molecule has 3 rings (SSSR count). The molecule has 1 amide bonds. The Balaban J connectivity index is 1.49. The summed E-state index contributed by atoms with van der Waals surface area (Å²) in [4.78, 5) is 12.2. The lowest BCUT2D eigenvalue weighted by molar-refractivity contribution is 0.0953. The normalized spacial score (nSPS) is 11.2. The van der Waals surface area contributed by atoms with Crippen molar-refractivity contribution in [2.24, 2.45) is 0 Å². The van der Waals surface area contributed by atoms with E-state index in [2.05, 4.69) is 41.2 Å². The number of anilines is 1. The van der Waals surface area contributed by atoms with Gasteiger partial charge in [0.1, 0.15) is 4.21 Å². The van der Waals surface area contributed by atoms with Gasteiger partial charge < -0.3 is 5.32 Å². The molecule has 7 heteroatoms. The third-order valence-corrected chi connectivity index (χ3v) is 6.99. The predicted molar refractivity (Wildman–Crippen MR) is 113 cm³/mol. The molecular formula is C21H22N2O3S2. The summed E-state index contributed by atoms with van der Waals surface area (Å²) in [5.41, 5.74) is 3.40. The summed E-state index contributed by atoms with van der Waals surface area (Å²) < 4.78 is 27.2. The largest absolute Gasteiger partial charge is 0.352 e. The van der Waals surface area contributed by atoms with E-state index in [9.17, 15) is 13.2 Å². The highest BCUT2D eigenvalue weighted by Crippen LogP contribution is 2.20. The molecule has 5 nitrogen and oxygen atoms in total. The Morgan fingerprint density at radius 3 is 2.36 bits per heavy atom. The van der Waals surface area contributed by atoms with Crippen LogP contribution < -0.4 is 10.0 Å². The SMILES string of the molecule is Cc1ccc(CCCNC(=O)c2ccc(NS(=O)(=O)c3cccs3)cc2)cc1. The summed E-state index contributed by atoms with van der Waals surface area (Å²) >= 11 is 1.15. The van der Waals surface area contributed by atoms with Crippen LogP contribution in [0.15, 0.2) is 70.3 Å². The number of sulfonamides is 1. The van der Waals surface area contributed by atoms with Crippen LogP contribution in [0.1, 0.15) is 27.9 Å². The van der Waals surface area contributed by atoms with Gasteiger partial charge in [0.25, 0.3) is 15.9 Å². The van der Waals surface area contributed by atoms with Crippen LogP contribution in [0.2, 0.25) is 0 Å². The van der Waals surface area contributed by atoms with E-state index < -0.39 is 10.0 Å². The second-order valence-electron chi connectivity index (χ2n) is 6.46. The molecule has 1 heterocycles. The summed E-state index contributed by atoms with van der Waals surface area (Å²) in [5.74, 6) is -0.170. The molecule has 146 valence electrons. The van der Waals surface area contributed by atoms with E-state index in [1.54, 1.807) is 41.8 Å². The van der Waals surface area contributed by atoms with Crippen molar-refractivity contribution in [3.05, 3.63) is 82.7 Å². The van der Waals surface area contributed by atoms with Gasteiger partial charge in [0, 0.05) is 17.8 Å². The number of thiophene rings is 1. The second-order valence-corrected chi connectivity index (χ2v) is 9.32. The maximum Gasteiger partial charge on any atom is 0.271 e. The standard InChI is InChI=1S/C21H22N2O3S2/c1-16-6-8-17(9-7-16)4-2-14-22-21(24)18-10-12-19(13-11-18)23-28(25,26)20-5-3-15-27-20/h3,5-13,15,23H,2,4,14H2,1H3,(H,22,24). The van der Waals surface area contributed by atoms with Crippen LogP contribution >= 0.6 is 11.3 Å². The van der Waals surface area contributed by atoms with Crippen LogP contribution in [0.3, 0.4) is 0 Å². The minimum atomic E-state index is -3.58. The maximum absolute atomic E-state index is 12.2. The van der Waals surface area contributed by atoms with E-state index in [1.807, 2.05) is 0 Å². The van der Waals surface area contributed by atoms with E-state index in [4.69, 9.17) is 0 Å². The van der Waals surface area contributed by atoms with Gasteiger partial charge in [0.05, 0.1) is 0 Å². The predicted octanol–water partition coefficient (Wildman–Crippen LogP) is 4.22. The van der Waals surface area contributed by atoms with Crippen molar-refractivity contribution in [2.75, 3.05) is 11.3 Å². The molecule has 0 unspecified atom stereocenters. The molecule has 3 aromatic rings. The van der Waals surface area contributed by atoms with Crippen molar-refractivity contribution >= 4 is 33.0 Å². The van der Waals surface area contributed by atoms with Gasteiger partial charge in [-0.25, -0.2) is 8.42 Å². The number of carbonyl (C=O) groups excluding carboxylic acids is 1. The fourth-order valence-electron chi connectivity index (χ4n) is 2.66. The van der Waals surface area contributed by atoms with Crippen molar-refractivity contribution in [2.45, 2.75) is 24.0 Å². The fourth-order valence-corrected chi connectivity index (χ4v) is 4.71. The topological polar surface area (TPSA) is 75.3 Å². The molecule has 2 N–H and O–H groups in total. The Morgan fingerprint density at radius 1 is 1.00 bits per heavy atom. The number of rotatable bonds is 8. The maximum atomic E-state index is 12.2. The molecule has 0 atom stereocenters. The van der Waals surface area contributed by atoms with Crippen molar-refractivity contribution in [1.82, 2.24) is 5.32 Å². The Labute approximate surface area is 169 Å². The van der Waals surface area contributed by atoms with Crippen molar-refractivity contribution in [1.29, 1.82) is 0 Å². The van der Waals surface area contributed by atoms with E-state index in [0.717, 1.165) is 24.2 Å². The van der Waals surface area contributed by atoms with Gasteiger partial charge >= 0.3 is 0 Å². The number of hydrogen-bond acceptors (Lipinski definition) is 4. The van der Waals surface area contributed by atoms with Crippen LogP contribution in [0.5, 0.6) is 0 Å². The number of aryl methyl sites for hydroxylation is 2. The summed E-state index contributed by atoms with van der Waals surface area (Å²) in [6.07, 6.45) is 1.76. The molecule has 0 aliphatic rings. The van der Waals surface area contributed by atoms with Crippen LogP contribution in [0.25, 0.3) is 0 Å². The first-order valence-corrected chi connectivity index (χ1v) is 11.3. The molecule has 0 spiro atoms. The summed E-state index contributed by atoms with van der Waals surface area (Å²) in [6, 6.07) is 18.0. The Morgan fingerprint density at radius 2 is 1.71 bits per heavy atom. The molecule has 0 saturated carbocycles. The zero-order chi connectivity index (χ0) is 20.0. The van der Waals surface area contributed by atoms with Crippen LogP contribution in [0, 0.1) is 6.92 Å². The first kappa shape index (κ1) is 20.1. The van der Waals surface area contributed by atoms with E-state index in [0.29, 0.717) is 17.8 Å². The molecule has 28 heavy (non-hydrogen) atoms. The molecular weight excluding hydrogens is 392 g/mol. The highest BCUT2D eigenvalue weighted by molar-refractivity contribution is 7.94. The smallest absolute Gasteiger partial charge is 0.271 e. The zero-order valence-corrected chi connectivity index (χ0v) is 17.1. The third kappa shape index (κ3) is 5.43. The summed E-state index contributed by atoms with van der Waals surface area (Å²) in [5, 5.41) is 4.60. The Hall–Kier alpha value is -2.64. The van der Waals surface area contributed by atoms with Gasteiger partial charge in [0.15, 0.2) is 0 Å². The van der Waals surface area contributed by atoms with E-state index in [-0.39, 0.29) is 10.1 Å². The van der Waals surface area contributed by atoms with Gasteiger partial charge in [-0.2, -0.15) is 0 Å².